The molecule has 0 rings (SSSR count). The van der Waals surface area contributed by atoms with E-state index >= 15 is 0 Å². The van der Waals surface area contributed by atoms with E-state index in [4.69, 9.17) is 5.73 Å². The van der Waals surface area contributed by atoms with E-state index < -0.39 is 0 Å². The summed E-state index contributed by atoms with van der Waals surface area (Å²) in [5, 5.41) is 0. The van der Waals surface area contributed by atoms with Crippen LogP contribution in [0, 0.1) is 0 Å². The first-order chi connectivity index (χ1) is 4.27. The lowest BCUT2D eigenvalue weighted by Crippen LogP contribution is -2.09. The van der Waals surface area contributed by atoms with E-state index in [1.54, 1.807) is 0 Å². The molecule has 0 amide bonds. The van der Waals surface area contributed by atoms with Gasteiger partial charge in [-0.1, -0.05) is 31.2 Å². The number of nitrogens with two attached hydrogens (primary N) is 1. The third-order valence-corrected chi connectivity index (χ3v) is 0.898. The summed E-state index contributed by atoms with van der Waals surface area (Å²) >= 11 is 0. The predicted octanol–water partition coefficient (Wildman–Crippen LogP) is 1.86. The maximum atomic E-state index is 5.45. The van der Waals surface area contributed by atoms with Gasteiger partial charge >= 0.3 is 0 Å². The Morgan fingerprint density at radius 2 is 2.11 bits per heavy atom. The molecule has 0 radical (unpaired) electrons. The highest BCUT2D eigenvalue weighted by atomic mass is 14.6. The van der Waals surface area contributed by atoms with Gasteiger partial charge in [-0.05, 0) is 13.3 Å². The number of hydrogen-bond acceptors (Lipinski definition) is 1. The molecule has 0 spiro atoms. The highest BCUT2D eigenvalue weighted by molar-refractivity contribution is 5.04. The summed E-state index contributed by atoms with van der Waals surface area (Å²) < 4.78 is 0. The zero-order valence-corrected chi connectivity index (χ0v) is 6.17. The average molecular weight is 125 g/mol. The van der Waals surface area contributed by atoms with Crippen molar-refractivity contribution in [3.8, 4) is 0 Å². The number of rotatable bonds is 3. The van der Waals surface area contributed by atoms with E-state index in [1.807, 2.05) is 25.2 Å². The third kappa shape index (κ3) is 7.44. The maximum Gasteiger partial charge on any atom is 0.0197 e. The largest absolute Gasteiger partial charge is 0.325 e. The van der Waals surface area contributed by atoms with Crippen molar-refractivity contribution in [2.24, 2.45) is 5.73 Å². The smallest absolute Gasteiger partial charge is 0.0197 e. The van der Waals surface area contributed by atoms with E-state index in [0.29, 0.717) is 0 Å². The van der Waals surface area contributed by atoms with Crippen LogP contribution >= 0.6 is 0 Å². The fourth-order valence-electron chi connectivity index (χ4n) is 0.454. The standard InChI is InChI=1S/C8H15N/c1-3-4-5-6-7-8(2)9/h4-8H,3,9H2,1-2H3/b5-4-,7-6+. The molecule has 1 unspecified atom stereocenters. The number of hydrogen-bond donors (Lipinski definition) is 1. The van der Waals surface area contributed by atoms with Gasteiger partial charge in [-0.25, -0.2) is 0 Å². The maximum absolute atomic E-state index is 5.45. The lowest BCUT2D eigenvalue weighted by molar-refractivity contribution is 0.926. The van der Waals surface area contributed by atoms with Gasteiger partial charge in [-0.15, -0.1) is 0 Å². The fraction of sp³-hybridized carbons (Fsp3) is 0.500. The van der Waals surface area contributed by atoms with Crippen LogP contribution in [0.5, 0.6) is 0 Å². The Balaban J connectivity index is 3.35. The van der Waals surface area contributed by atoms with Crippen LogP contribution in [0.25, 0.3) is 0 Å². The average Bonchev–Trinajstić information content (AvgIpc) is 1.80. The van der Waals surface area contributed by atoms with Crippen molar-refractivity contribution >= 4 is 0 Å². The van der Waals surface area contributed by atoms with E-state index in [-0.39, 0.29) is 6.04 Å². The Bertz CT molecular complexity index is 101. The van der Waals surface area contributed by atoms with Crippen LogP contribution in [-0.2, 0) is 0 Å². The Hall–Kier alpha value is -0.560. The zero-order valence-electron chi connectivity index (χ0n) is 6.17. The highest BCUT2D eigenvalue weighted by Crippen LogP contribution is 1.83. The van der Waals surface area contributed by atoms with E-state index in [9.17, 15) is 0 Å². The molecular formula is C8H15N. The van der Waals surface area contributed by atoms with Crippen LogP contribution < -0.4 is 5.73 Å². The molecule has 1 nitrogen and oxygen atoms in total. The molecule has 52 valence electrons. The van der Waals surface area contributed by atoms with Crippen molar-refractivity contribution in [3.63, 3.8) is 0 Å². The van der Waals surface area contributed by atoms with Gasteiger partial charge in [0.05, 0.1) is 0 Å². The molecule has 1 atom stereocenters. The van der Waals surface area contributed by atoms with Crippen LogP contribution in [-0.4, -0.2) is 6.04 Å². The highest BCUT2D eigenvalue weighted by Gasteiger charge is 1.77. The van der Waals surface area contributed by atoms with E-state index in [2.05, 4.69) is 13.0 Å². The Morgan fingerprint density at radius 3 is 2.56 bits per heavy atom. The Morgan fingerprint density at radius 1 is 1.44 bits per heavy atom. The normalized spacial score (nSPS) is 15.4. The summed E-state index contributed by atoms with van der Waals surface area (Å²) in [6, 6.07) is 0.173. The van der Waals surface area contributed by atoms with Gasteiger partial charge in [-0.2, -0.15) is 0 Å². The van der Waals surface area contributed by atoms with Crippen molar-refractivity contribution in [1.29, 1.82) is 0 Å². The van der Waals surface area contributed by atoms with E-state index in [1.165, 1.54) is 0 Å². The van der Waals surface area contributed by atoms with Crippen molar-refractivity contribution in [2.75, 3.05) is 0 Å². The molecule has 0 aliphatic heterocycles. The van der Waals surface area contributed by atoms with Gasteiger partial charge < -0.3 is 5.73 Å². The number of allylic oxidation sites excluding steroid dienone is 3. The molecule has 0 aromatic heterocycles. The molecule has 0 fully saturated rings. The minimum absolute atomic E-state index is 0.173. The zero-order chi connectivity index (χ0) is 7.11. The van der Waals surface area contributed by atoms with E-state index in [0.717, 1.165) is 6.42 Å². The molecule has 0 saturated carbocycles. The van der Waals surface area contributed by atoms with Gasteiger partial charge in [0, 0.05) is 6.04 Å². The monoisotopic (exact) mass is 125 g/mol. The lowest BCUT2D eigenvalue weighted by atomic mass is 10.3. The van der Waals surface area contributed by atoms with Crippen molar-refractivity contribution < 1.29 is 0 Å². The molecule has 0 aromatic carbocycles. The van der Waals surface area contributed by atoms with Crippen LogP contribution in [0.4, 0.5) is 0 Å². The van der Waals surface area contributed by atoms with Crippen LogP contribution in [0.1, 0.15) is 20.3 Å². The van der Waals surface area contributed by atoms with Crippen molar-refractivity contribution in [1.82, 2.24) is 0 Å². The molecule has 0 heterocycles. The summed E-state index contributed by atoms with van der Waals surface area (Å²) in [4.78, 5) is 0. The second kappa shape index (κ2) is 5.57. The summed E-state index contributed by atoms with van der Waals surface area (Å²) in [6.07, 6.45) is 9.14. The molecule has 0 aliphatic rings. The Labute approximate surface area is 57.3 Å². The molecule has 9 heavy (non-hydrogen) atoms. The second-order valence-electron chi connectivity index (χ2n) is 2.08. The summed E-state index contributed by atoms with van der Waals surface area (Å²) in [7, 11) is 0. The van der Waals surface area contributed by atoms with Gasteiger partial charge in [0.1, 0.15) is 0 Å². The van der Waals surface area contributed by atoms with Crippen molar-refractivity contribution in [2.45, 2.75) is 26.3 Å². The first-order valence-electron chi connectivity index (χ1n) is 3.36. The van der Waals surface area contributed by atoms with Crippen LogP contribution in [0.3, 0.4) is 0 Å². The third-order valence-electron chi connectivity index (χ3n) is 0.898. The van der Waals surface area contributed by atoms with Gasteiger partial charge in [0.2, 0.25) is 0 Å². The van der Waals surface area contributed by atoms with Crippen LogP contribution in [0.15, 0.2) is 24.3 Å². The quantitative estimate of drug-likeness (QED) is 0.572. The first-order valence-corrected chi connectivity index (χ1v) is 3.36. The van der Waals surface area contributed by atoms with Gasteiger partial charge in [-0.3, -0.25) is 0 Å². The molecule has 2 N–H and O–H groups in total. The Kier molecular flexibility index (Phi) is 5.23. The minimum atomic E-state index is 0.173. The first kappa shape index (κ1) is 8.44. The molecule has 0 bridgehead atoms. The lowest BCUT2D eigenvalue weighted by Gasteiger charge is -1.89. The van der Waals surface area contributed by atoms with Gasteiger partial charge in [0.15, 0.2) is 0 Å². The van der Waals surface area contributed by atoms with Crippen molar-refractivity contribution in [3.05, 3.63) is 24.3 Å². The summed E-state index contributed by atoms with van der Waals surface area (Å²) in [5.74, 6) is 0. The molecule has 0 aromatic rings. The minimum Gasteiger partial charge on any atom is -0.325 e. The topological polar surface area (TPSA) is 26.0 Å². The predicted molar refractivity (Wildman–Crippen MR) is 42.2 cm³/mol. The summed E-state index contributed by atoms with van der Waals surface area (Å²) in [5.41, 5.74) is 5.45. The van der Waals surface area contributed by atoms with Gasteiger partial charge in [0.25, 0.3) is 0 Å². The molecular weight excluding hydrogens is 110 g/mol. The second-order valence-corrected chi connectivity index (χ2v) is 2.08. The SMILES string of the molecule is CC/C=C\C=C\C(C)N. The molecule has 1 heteroatoms. The molecule has 0 aliphatic carbocycles. The molecule has 0 saturated heterocycles. The fourth-order valence-corrected chi connectivity index (χ4v) is 0.454. The summed E-state index contributed by atoms with van der Waals surface area (Å²) in [6.45, 7) is 4.06. The van der Waals surface area contributed by atoms with Crippen LogP contribution in [0.2, 0.25) is 0 Å².